The molecule has 0 bridgehead atoms. The number of rotatable bonds is 8. The van der Waals surface area contributed by atoms with Crippen molar-refractivity contribution < 1.29 is 27.4 Å². The van der Waals surface area contributed by atoms with E-state index in [9.17, 15) is 18.0 Å². The molecular formula is C31H33F3N6O3. The summed E-state index contributed by atoms with van der Waals surface area (Å²) in [5, 5.41) is 3.16. The lowest BCUT2D eigenvalue weighted by Crippen LogP contribution is -2.45. The van der Waals surface area contributed by atoms with Crippen molar-refractivity contribution in [2.24, 2.45) is 0 Å². The number of nitrogens with one attached hydrogen (secondary N) is 1. The van der Waals surface area contributed by atoms with Gasteiger partial charge in [-0.25, -0.2) is 9.97 Å². The maximum atomic E-state index is 14.1. The van der Waals surface area contributed by atoms with E-state index in [0.717, 1.165) is 25.7 Å². The molecule has 0 unspecified atom stereocenters. The highest BCUT2D eigenvalue weighted by molar-refractivity contribution is 6.04. The third-order valence-corrected chi connectivity index (χ3v) is 7.59. The Hall–Kier alpha value is -4.42. The number of halogens is 3. The number of benzene rings is 3. The average molecular weight is 595 g/mol. The molecule has 0 radical (unpaired) electrons. The molecule has 1 aliphatic heterocycles. The van der Waals surface area contributed by atoms with Crippen LogP contribution in [-0.4, -0.2) is 65.5 Å². The number of nitrogen functional groups attached to an aromatic ring is 1. The van der Waals surface area contributed by atoms with Crippen LogP contribution in [0.1, 0.15) is 34.0 Å². The molecule has 4 aromatic rings. The maximum Gasteiger partial charge on any atom is 0.416 e. The van der Waals surface area contributed by atoms with Gasteiger partial charge < -0.3 is 25.4 Å². The predicted octanol–water partition coefficient (Wildman–Crippen LogP) is 5.73. The van der Waals surface area contributed by atoms with E-state index in [1.54, 1.807) is 31.2 Å². The number of aryl methyl sites for hydroxylation is 1. The summed E-state index contributed by atoms with van der Waals surface area (Å²) in [4.78, 5) is 25.9. The van der Waals surface area contributed by atoms with Gasteiger partial charge in [-0.05, 0) is 61.0 Å². The lowest BCUT2D eigenvalue weighted by molar-refractivity contribution is -0.138. The Kier molecular flexibility index (Phi) is 8.69. The van der Waals surface area contributed by atoms with Crippen LogP contribution in [0.4, 0.5) is 24.5 Å². The highest BCUT2D eigenvalue weighted by Crippen LogP contribution is 2.36. The largest absolute Gasteiger partial charge is 0.495 e. The molecule has 1 aromatic heterocycles. The van der Waals surface area contributed by atoms with E-state index in [4.69, 9.17) is 15.2 Å². The molecule has 0 spiro atoms. The van der Waals surface area contributed by atoms with Crippen LogP contribution in [0.3, 0.4) is 0 Å². The Morgan fingerprint density at radius 2 is 1.74 bits per heavy atom. The fourth-order valence-electron chi connectivity index (χ4n) is 5.05. The number of methoxy groups -OCH3 is 1. The second-order valence-corrected chi connectivity index (χ2v) is 10.4. The van der Waals surface area contributed by atoms with E-state index in [1.807, 2.05) is 4.90 Å². The number of aromatic nitrogens is 2. The molecule has 9 nitrogen and oxygen atoms in total. The first-order chi connectivity index (χ1) is 20.5. The van der Waals surface area contributed by atoms with Crippen LogP contribution < -0.4 is 20.5 Å². The van der Waals surface area contributed by atoms with Crippen molar-refractivity contribution in [1.29, 1.82) is 0 Å². The molecule has 2 heterocycles. The fourth-order valence-corrected chi connectivity index (χ4v) is 5.05. The Morgan fingerprint density at radius 1 is 1.00 bits per heavy atom. The number of carbonyl (C=O) groups excluding carboxylic acids is 1. The lowest BCUT2D eigenvalue weighted by atomic mass is 10.0. The van der Waals surface area contributed by atoms with Crippen LogP contribution in [0, 0.1) is 6.92 Å². The number of amides is 1. The molecule has 5 rings (SSSR count). The molecule has 0 atom stereocenters. The van der Waals surface area contributed by atoms with E-state index in [-0.39, 0.29) is 29.2 Å². The maximum absolute atomic E-state index is 14.1. The van der Waals surface area contributed by atoms with Gasteiger partial charge in [0.2, 0.25) is 5.88 Å². The van der Waals surface area contributed by atoms with Gasteiger partial charge in [0.25, 0.3) is 5.91 Å². The summed E-state index contributed by atoms with van der Waals surface area (Å²) in [7, 11) is 1.49. The summed E-state index contributed by atoms with van der Waals surface area (Å²) in [6, 6.07) is 12.0. The van der Waals surface area contributed by atoms with Crippen molar-refractivity contribution in [3.63, 3.8) is 0 Å². The van der Waals surface area contributed by atoms with Crippen molar-refractivity contribution in [2.45, 2.75) is 26.6 Å². The summed E-state index contributed by atoms with van der Waals surface area (Å²) in [5.41, 5.74) is 7.33. The van der Waals surface area contributed by atoms with Crippen LogP contribution in [0.5, 0.6) is 17.4 Å². The molecule has 1 fully saturated rings. The minimum Gasteiger partial charge on any atom is -0.495 e. The van der Waals surface area contributed by atoms with E-state index in [2.05, 4.69) is 27.1 Å². The number of carbonyl (C=O) groups is 1. The first-order valence-corrected chi connectivity index (χ1v) is 13.9. The molecule has 1 amide bonds. The molecular weight excluding hydrogens is 561 g/mol. The molecule has 0 saturated carbocycles. The van der Waals surface area contributed by atoms with Gasteiger partial charge in [-0.15, -0.1) is 0 Å². The zero-order valence-electron chi connectivity index (χ0n) is 24.2. The molecule has 12 heteroatoms. The number of ether oxygens (including phenoxy) is 2. The van der Waals surface area contributed by atoms with Crippen LogP contribution in [0.2, 0.25) is 0 Å². The van der Waals surface area contributed by atoms with E-state index in [0.29, 0.717) is 46.7 Å². The Labute approximate surface area is 247 Å². The second kappa shape index (κ2) is 12.4. The van der Waals surface area contributed by atoms with Crippen molar-refractivity contribution in [3.8, 4) is 17.4 Å². The number of fused-ring (bicyclic) bond motifs is 1. The molecule has 1 saturated heterocycles. The number of hydrogen-bond donors (Lipinski definition) is 2. The normalized spacial score (nSPS) is 14.6. The molecule has 43 heavy (non-hydrogen) atoms. The number of hydrogen-bond acceptors (Lipinski definition) is 8. The van der Waals surface area contributed by atoms with Gasteiger partial charge in [-0.3, -0.25) is 9.69 Å². The topological polar surface area (TPSA) is 106 Å². The number of nitrogens with zero attached hydrogens (tertiary/aromatic N) is 4. The van der Waals surface area contributed by atoms with Gasteiger partial charge >= 0.3 is 6.18 Å². The Morgan fingerprint density at radius 3 is 2.44 bits per heavy atom. The van der Waals surface area contributed by atoms with Gasteiger partial charge in [0.15, 0.2) is 0 Å². The zero-order chi connectivity index (χ0) is 30.7. The van der Waals surface area contributed by atoms with Crippen molar-refractivity contribution >= 4 is 28.2 Å². The average Bonchev–Trinajstić information content (AvgIpc) is 2.98. The minimum atomic E-state index is -4.57. The summed E-state index contributed by atoms with van der Waals surface area (Å²) in [5.74, 6) is 0.423. The Balaban J connectivity index is 1.35. The van der Waals surface area contributed by atoms with Crippen molar-refractivity contribution in [1.82, 2.24) is 19.8 Å². The van der Waals surface area contributed by atoms with E-state index < -0.39 is 17.6 Å². The van der Waals surface area contributed by atoms with E-state index in [1.165, 1.54) is 31.6 Å². The van der Waals surface area contributed by atoms with Crippen molar-refractivity contribution in [3.05, 3.63) is 77.1 Å². The molecule has 226 valence electrons. The summed E-state index contributed by atoms with van der Waals surface area (Å²) in [6.45, 7) is 8.04. The van der Waals surface area contributed by atoms with Crippen LogP contribution in [0.15, 0.2) is 54.9 Å². The number of anilines is 2. The van der Waals surface area contributed by atoms with Crippen LogP contribution in [0.25, 0.3) is 10.9 Å². The number of alkyl halides is 3. The molecule has 0 aliphatic carbocycles. The molecule has 3 N–H and O–H groups in total. The van der Waals surface area contributed by atoms with Gasteiger partial charge in [0.05, 0.1) is 29.3 Å². The van der Waals surface area contributed by atoms with Gasteiger partial charge in [0.1, 0.15) is 17.8 Å². The number of nitrogens with two attached hydrogens (primary N) is 1. The molecule has 1 aliphatic rings. The third kappa shape index (κ3) is 6.81. The number of piperazine rings is 1. The van der Waals surface area contributed by atoms with E-state index >= 15 is 0 Å². The minimum absolute atomic E-state index is 0.0476. The van der Waals surface area contributed by atoms with Crippen molar-refractivity contribution in [2.75, 3.05) is 50.9 Å². The number of likely N-dealkylation sites (N-methyl/N-ethyl adjacent to an activating group) is 1. The first kappa shape index (κ1) is 30.1. The Bertz CT molecular complexity index is 1640. The first-order valence-electron chi connectivity index (χ1n) is 13.9. The summed E-state index contributed by atoms with van der Waals surface area (Å²) >= 11 is 0. The summed E-state index contributed by atoms with van der Waals surface area (Å²) < 4.78 is 53.6. The quantitative estimate of drug-likeness (QED) is 0.249. The fraction of sp³-hybridized carbons (Fsp3) is 0.323. The van der Waals surface area contributed by atoms with Gasteiger partial charge in [-0.1, -0.05) is 19.1 Å². The second-order valence-electron chi connectivity index (χ2n) is 10.4. The smallest absolute Gasteiger partial charge is 0.416 e. The standard InChI is InChI=1S/C31H33F3N6O3/c1-4-39-9-11-40(12-10-39)17-21-7-8-22(14-24(21)31(32,33)34)38-29(41)20-6-5-19(2)27(13-20)43-30-23-15-28(42-3)25(35)16-26(23)36-18-37-30/h5-8,13-16,18H,4,9-12,17,35H2,1-3H3,(H,38,41). The van der Waals surface area contributed by atoms with Gasteiger partial charge in [0, 0.05) is 44.0 Å². The van der Waals surface area contributed by atoms with Gasteiger partial charge in [-0.2, -0.15) is 13.2 Å². The molecule has 3 aromatic carbocycles. The SMILES string of the molecule is CCN1CCN(Cc2ccc(NC(=O)c3ccc(C)c(Oc4ncnc5cc(N)c(OC)cc45)c3)cc2C(F)(F)F)CC1. The monoisotopic (exact) mass is 594 g/mol. The summed E-state index contributed by atoms with van der Waals surface area (Å²) in [6.07, 6.45) is -3.23. The third-order valence-electron chi connectivity index (χ3n) is 7.59. The highest BCUT2D eigenvalue weighted by atomic mass is 19.4. The predicted molar refractivity (Wildman–Crippen MR) is 159 cm³/mol. The van der Waals surface area contributed by atoms with Crippen LogP contribution >= 0.6 is 0 Å². The zero-order valence-corrected chi connectivity index (χ0v) is 24.2. The highest BCUT2D eigenvalue weighted by Gasteiger charge is 2.34. The van der Waals surface area contributed by atoms with Crippen LogP contribution in [-0.2, 0) is 12.7 Å². The lowest BCUT2D eigenvalue weighted by Gasteiger charge is -2.34.